The lowest BCUT2D eigenvalue weighted by Crippen LogP contribution is -2.16. The first-order valence-corrected chi connectivity index (χ1v) is 33.5. The molecule has 1 aliphatic rings. The summed E-state index contributed by atoms with van der Waals surface area (Å²) in [5, 5.41) is 2.47. The predicted octanol–water partition coefficient (Wildman–Crippen LogP) is 25.6. The van der Waals surface area contributed by atoms with Crippen LogP contribution < -0.4 is 4.90 Å². The van der Waals surface area contributed by atoms with E-state index in [-0.39, 0.29) is 5.41 Å². The molecule has 1 heterocycles. The van der Waals surface area contributed by atoms with E-state index in [0.29, 0.717) is 0 Å². The van der Waals surface area contributed by atoms with E-state index in [0.717, 1.165) is 29.2 Å². The third-order valence-corrected chi connectivity index (χ3v) is 19.4. The van der Waals surface area contributed by atoms with Crippen LogP contribution in [-0.2, 0) is 11.8 Å². The molecular weight excluding hydrogens is 1100 g/mol. The monoisotopic (exact) mass is 1180 g/mol. The van der Waals surface area contributed by atoms with Crippen LogP contribution in [0, 0.1) is 13.8 Å². The number of hydrogen-bond donors (Lipinski definition) is 0. The molecule has 0 radical (unpaired) electrons. The van der Waals surface area contributed by atoms with Gasteiger partial charge in [0, 0.05) is 38.9 Å². The predicted molar refractivity (Wildman–Crippen MR) is 391 cm³/mol. The lowest BCUT2D eigenvalue weighted by Gasteiger charge is -2.28. The number of unbranched alkanes of at least 4 members (excludes halogenated alkanes) is 9. The SMILES string of the molecule is CCCCCCCCCCCCc1cc(-c2ccccc2)cc(-c2cc(-c3ccc(C)cc3)cc(-c3cc(C)cc(-n4c5ccccc5c5cc(-c6ccc(N(c7ccc(-c8ccccc8)cc7)c7ccc8c(c7)C(C)(C)c7ccccc7-8)cc6)ccc54)c3)c2)c1. The van der Waals surface area contributed by atoms with Gasteiger partial charge in [0.2, 0.25) is 0 Å². The van der Waals surface area contributed by atoms with Gasteiger partial charge in [0.15, 0.2) is 0 Å². The first-order valence-electron chi connectivity index (χ1n) is 33.5. The first-order chi connectivity index (χ1) is 44.6. The zero-order valence-electron chi connectivity index (χ0n) is 53.7. The normalized spacial score (nSPS) is 12.4. The Bertz CT molecular complexity index is 4700. The maximum Gasteiger partial charge on any atom is 0.0541 e. The summed E-state index contributed by atoms with van der Waals surface area (Å²) >= 11 is 0. The van der Waals surface area contributed by atoms with Crippen molar-refractivity contribution in [2.75, 3.05) is 4.90 Å². The van der Waals surface area contributed by atoms with Gasteiger partial charge in [-0.1, -0.05) is 266 Å². The van der Waals surface area contributed by atoms with Gasteiger partial charge in [0.1, 0.15) is 0 Å². The number of aromatic nitrogens is 1. The molecule has 0 spiro atoms. The number of para-hydroxylation sites is 1. The summed E-state index contributed by atoms with van der Waals surface area (Å²) in [5.41, 5.74) is 30.7. The molecule has 1 aliphatic carbocycles. The van der Waals surface area contributed by atoms with Crippen LogP contribution in [0.5, 0.6) is 0 Å². The Morgan fingerprint density at radius 1 is 0.308 bits per heavy atom. The number of benzene rings is 12. The van der Waals surface area contributed by atoms with E-state index in [2.05, 4.69) is 317 Å². The van der Waals surface area contributed by atoms with Crippen molar-refractivity contribution < 1.29 is 0 Å². The van der Waals surface area contributed by atoms with Gasteiger partial charge in [0.05, 0.1) is 11.0 Å². The molecule has 0 amide bonds. The fraction of sp³-hybridized carbons (Fsp3) is 0.191. The molecule has 0 aliphatic heterocycles. The Labute approximate surface area is 540 Å². The smallest absolute Gasteiger partial charge is 0.0541 e. The fourth-order valence-electron chi connectivity index (χ4n) is 14.5. The highest BCUT2D eigenvalue weighted by molar-refractivity contribution is 6.10. The molecule has 14 rings (SSSR count). The molecule has 0 bridgehead atoms. The van der Waals surface area contributed by atoms with Crippen LogP contribution in [0.1, 0.15) is 113 Å². The van der Waals surface area contributed by atoms with Crippen molar-refractivity contribution >= 4 is 38.9 Å². The van der Waals surface area contributed by atoms with Crippen LogP contribution in [-0.4, -0.2) is 4.57 Å². The molecule has 0 saturated heterocycles. The van der Waals surface area contributed by atoms with Gasteiger partial charge in [-0.25, -0.2) is 0 Å². The Morgan fingerprint density at radius 2 is 0.769 bits per heavy atom. The minimum atomic E-state index is -0.122. The van der Waals surface area contributed by atoms with Crippen LogP contribution in [0.2, 0.25) is 0 Å². The molecule has 12 aromatic carbocycles. The van der Waals surface area contributed by atoms with Crippen molar-refractivity contribution in [2.45, 2.75) is 111 Å². The second-order valence-electron chi connectivity index (χ2n) is 26.2. The van der Waals surface area contributed by atoms with E-state index in [9.17, 15) is 0 Å². The Kier molecular flexibility index (Phi) is 16.8. The second kappa shape index (κ2) is 26.0. The van der Waals surface area contributed by atoms with Gasteiger partial charge in [-0.2, -0.15) is 0 Å². The second-order valence-corrected chi connectivity index (χ2v) is 26.2. The lowest BCUT2D eigenvalue weighted by molar-refractivity contribution is 0.556. The molecule has 0 unspecified atom stereocenters. The van der Waals surface area contributed by atoms with Crippen molar-refractivity contribution in [2.24, 2.45) is 0 Å². The number of hydrogen-bond acceptors (Lipinski definition) is 1. The largest absolute Gasteiger partial charge is 0.310 e. The maximum atomic E-state index is 2.49. The summed E-state index contributed by atoms with van der Waals surface area (Å²) in [6, 6.07) is 103. The molecule has 0 fully saturated rings. The molecule has 13 aromatic rings. The molecule has 0 N–H and O–H groups in total. The highest BCUT2D eigenvalue weighted by atomic mass is 15.1. The summed E-state index contributed by atoms with van der Waals surface area (Å²) in [6.45, 7) is 11.5. The Hall–Kier alpha value is -9.76. The molecular formula is C89H82N2. The highest BCUT2D eigenvalue weighted by Crippen LogP contribution is 2.51. The minimum absolute atomic E-state index is 0.122. The van der Waals surface area contributed by atoms with Crippen molar-refractivity contribution in [1.29, 1.82) is 0 Å². The summed E-state index contributed by atoms with van der Waals surface area (Å²) < 4.78 is 2.49. The van der Waals surface area contributed by atoms with Crippen molar-refractivity contribution in [3.05, 3.63) is 301 Å². The van der Waals surface area contributed by atoms with E-state index in [1.807, 2.05) is 0 Å². The standard InChI is InChI=1S/C89H82N2/c1-6-7-8-9-10-11-12-13-14-17-26-64-53-72(66-29-20-16-21-30-66)55-73(54-64)76-57-74(69-37-35-62(2)36-38-69)56-75(58-76)71-51-63(3)52-80(59-71)91-87-34-25-23-32-83(87)84-60-70(43-50-88(84)91)68-41-46-78(47-42-68)90(77-44-39-67(40-45-77)65-27-18-15-19-28-65)79-48-49-82-81-31-22-24-33-85(81)89(4,5)86(82)61-79/h15-16,18-25,27-61H,6-14,17,26H2,1-5H3. The third-order valence-electron chi connectivity index (χ3n) is 19.4. The minimum Gasteiger partial charge on any atom is -0.310 e. The summed E-state index contributed by atoms with van der Waals surface area (Å²) in [6.07, 6.45) is 14.5. The summed E-state index contributed by atoms with van der Waals surface area (Å²) in [4.78, 5) is 2.42. The van der Waals surface area contributed by atoms with Crippen LogP contribution >= 0.6 is 0 Å². The maximum absolute atomic E-state index is 2.49. The topological polar surface area (TPSA) is 8.17 Å². The van der Waals surface area contributed by atoms with Gasteiger partial charge in [0.25, 0.3) is 0 Å². The van der Waals surface area contributed by atoms with Crippen LogP contribution in [0.25, 0.3) is 105 Å². The summed E-state index contributed by atoms with van der Waals surface area (Å²) in [5.74, 6) is 0. The highest BCUT2D eigenvalue weighted by Gasteiger charge is 2.36. The average molecular weight is 1180 g/mol. The van der Waals surface area contributed by atoms with Gasteiger partial charge in [-0.3, -0.25) is 0 Å². The van der Waals surface area contributed by atoms with Crippen molar-refractivity contribution in [3.63, 3.8) is 0 Å². The first kappa shape index (κ1) is 58.9. The zero-order valence-corrected chi connectivity index (χ0v) is 53.7. The number of anilines is 3. The van der Waals surface area contributed by atoms with Gasteiger partial charge < -0.3 is 9.47 Å². The zero-order chi connectivity index (χ0) is 61.8. The number of fused-ring (bicyclic) bond motifs is 6. The van der Waals surface area contributed by atoms with Crippen LogP contribution in [0.15, 0.2) is 273 Å². The van der Waals surface area contributed by atoms with Crippen molar-refractivity contribution in [3.8, 4) is 83.6 Å². The van der Waals surface area contributed by atoms with E-state index in [1.165, 1.54) is 192 Å². The van der Waals surface area contributed by atoms with Gasteiger partial charge >= 0.3 is 0 Å². The molecule has 2 heteroatoms. The number of aryl methyl sites for hydroxylation is 3. The van der Waals surface area contributed by atoms with E-state index in [4.69, 9.17) is 0 Å². The molecule has 0 saturated carbocycles. The number of rotatable bonds is 21. The van der Waals surface area contributed by atoms with E-state index < -0.39 is 0 Å². The average Bonchev–Trinajstić information content (AvgIpc) is 1.61. The molecule has 0 atom stereocenters. The van der Waals surface area contributed by atoms with Gasteiger partial charge in [-0.05, 0) is 218 Å². The molecule has 2 nitrogen and oxygen atoms in total. The third kappa shape index (κ3) is 12.3. The summed E-state index contributed by atoms with van der Waals surface area (Å²) in [7, 11) is 0. The van der Waals surface area contributed by atoms with Crippen LogP contribution in [0.3, 0.4) is 0 Å². The quantitative estimate of drug-likeness (QED) is 0.0651. The molecule has 91 heavy (non-hydrogen) atoms. The Balaban J connectivity index is 0.804. The number of nitrogens with zero attached hydrogens (tertiary/aromatic N) is 2. The Morgan fingerprint density at radius 3 is 1.43 bits per heavy atom. The van der Waals surface area contributed by atoms with E-state index >= 15 is 0 Å². The van der Waals surface area contributed by atoms with Crippen molar-refractivity contribution in [1.82, 2.24) is 4.57 Å². The van der Waals surface area contributed by atoms with Gasteiger partial charge in [-0.15, -0.1) is 0 Å². The molecule has 1 aromatic heterocycles. The van der Waals surface area contributed by atoms with E-state index in [1.54, 1.807) is 0 Å². The lowest BCUT2D eigenvalue weighted by atomic mass is 9.82. The molecule has 448 valence electrons. The van der Waals surface area contributed by atoms with Crippen LogP contribution in [0.4, 0.5) is 17.1 Å². The fourth-order valence-corrected chi connectivity index (χ4v) is 14.5.